The fraction of sp³-hybridized carbons (Fsp3) is 0.368. The number of thiophene rings is 1. The number of aromatic nitrogens is 3. The molecule has 26 heavy (non-hydrogen) atoms. The van der Waals surface area contributed by atoms with Gasteiger partial charge >= 0.3 is 0 Å². The first-order valence-electron chi connectivity index (χ1n) is 8.75. The molecule has 0 aliphatic heterocycles. The maximum Gasteiger partial charge on any atom is 0.270 e. The highest BCUT2D eigenvalue weighted by Gasteiger charge is 2.22. The lowest BCUT2D eigenvalue weighted by molar-refractivity contribution is 0.103. The van der Waals surface area contributed by atoms with E-state index in [0.29, 0.717) is 22.4 Å². The Morgan fingerprint density at radius 2 is 1.96 bits per heavy atom. The van der Waals surface area contributed by atoms with Crippen LogP contribution in [0.4, 0.5) is 11.6 Å². The Hall–Kier alpha value is -2.54. The largest absolute Gasteiger partial charge is 0.397 e. The number of carbonyl (C=O) groups excluding carboxylic acids is 1. The summed E-state index contributed by atoms with van der Waals surface area (Å²) in [6.07, 6.45) is 3.16. The summed E-state index contributed by atoms with van der Waals surface area (Å²) in [7, 11) is 0. The van der Waals surface area contributed by atoms with E-state index in [9.17, 15) is 4.79 Å². The molecule has 3 aromatic heterocycles. The van der Waals surface area contributed by atoms with Gasteiger partial charge < -0.3 is 5.73 Å². The molecule has 6 nitrogen and oxygen atoms in total. The van der Waals surface area contributed by atoms with Crippen LogP contribution in [0.15, 0.2) is 12.1 Å². The number of pyridine rings is 1. The fourth-order valence-electron chi connectivity index (χ4n) is 3.48. The zero-order chi connectivity index (χ0) is 18.4. The van der Waals surface area contributed by atoms with E-state index in [1.165, 1.54) is 16.9 Å². The lowest BCUT2D eigenvalue weighted by atomic mass is 9.87. The van der Waals surface area contributed by atoms with Crippen LogP contribution in [-0.2, 0) is 12.8 Å². The van der Waals surface area contributed by atoms with Gasteiger partial charge in [0.25, 0.3) is 5.91 Å². The van der Waals surface area contributed by atoms with Crippen molar-refractivity contribution < 1.29 is 4.79 Å². The molecule has 1 unspecified atom stereocenters. The summed E-state index contributed by atoms with van der Waals surface area (Å²) >= 11 is 1.33. The third-order valence-electron chi connectivity index (χ3n) is 4.75. The van der Waals surface area contributed by atoms with E-state index >= 15 is 0 Å². The molecule has 7 heteroatoms. The second-order valence-corrected chi connectivity index (χ2v) is 8.07. The van der Waals surface area contributed by atoms with Gasteiger partial charge in [0.15, 0.2) is 0 Å². The summed E-state index contributed by atoms with van der Waals surface area (Å²) in [5.74, 6) is 0.665. The average Bonchev–Trinajstić information content (AvgIpc) is 2.88. The zero-order valence-electron chi connectivity index (χ0n) is 15.1. The van der Waals surface area contributed by atoms with Gasteiger partial charge in [0.1, 0.15) is 9.71 Å². The van der Waals surface area contributed by atoms with E-state index in [-0.39, 0.29) is 5.91 Å². The standard InChI is InChI=1S/C19H21N5OS/c1-9-4-5-14-12(6-9)8-13-15(20)16(26-18(13)23-14)17(25)24-19-21-10(2)7-11(3)22-19/h7-9H,4-6,20H2,1-3H3,(H,21,22,24,25). The molecule has 0 fully saturated rings. The number of carbonyl (C=O) groups is 1. The molecule has 3 heterocycles. The summed E-state index contributed by atoms with van der Waals surface area (Å²) in [4.78, 5) is 27.3. The van der Waals surface area contributed by atoms with Gasteiger partial charge in [-0.3, -0.25) is 10.1 Å². The number of nitrogens with zero attached hydrogens (tertiary/aromatic N) is 3. The van der Waals surface area contributed by atoms with Crippen molar-refractivity contribution in [2.24, 2.45) is 5.92 Å². The Kier molecular flexibility index (Phi) is 4.11. The number of hydrogen-bond donors (Lipinski definition) is 2. The Bertz CT molecular complexity index is 1010. The highest BCUT2D eigenvalue weighted by atomic mass is 32.1. The van der Waals surface area contributed by atoms with E-state index in [0.717, 1.165) is 46.6 Å². The molecular formula is C19H21N5OS. The highest BCUT2D eigenvalue weighted by molar-refractivity contribution is 7.21. The topological polar surface area (TPSA) is 93.8 Å². The van der Waals surface area contributed by atoms with Gasteiger partial charge in [0.2, 0.25) is 5.95 Å². The lowest BCUT2D eigenvalue weighted by Crippen LogP contribution is -2.15. The van der Waals surface area contributed by atoms with Gasteiger partial charge in [-0.2, -0.15) is 0 Å². The monoisotopic (exact) mass is 367 g/mol. The molecule has 4 rings (SSSR count). The molecule has 0 spiro atoms. The molecule has 1 atom stereocenters. The van der Waals surface area contributed by atoms with Crippen molar-refractivity contribution in [3.8, 4) is 0 Å². The van der Waals surface area contributed by atoms with Crippen LogP contribution in [0.2, 0.25) is 0 Å². The molecule has 3 aromatic rings. The number of fused-ring (bicyclic) bond motifs is 2. The van der Waals surface area contributed by atoms with Gasteiger partial charge in [0, 0.05) is 22.5 Å². The van der Waals surface area contributed by atoms with Crippen LogP contribution in [0.1, 0.15) is 45.7 Å². The molecule has 0 radical (unpaired) electrons. The van der Waals surface area contributed by atoms with E-state index in [1.54, 1.807) is 0 Å². The Labute approximate surface area is 155 Å². The third-order valence-corrected chi connectivity index (χ3v) is 5.86. The van der Waals surface area contributed by atoms with Crippen molar-refractivity contribution in [3.05, 3.63) is 39.7 Å². The van der Waals surface area contributed by atoms with Crippen molar-refractivity contribution in [2.75, 3.05) is 11.1 Å². The predicted molar refractivity (Wildman–Crippen MR) is 105 cm³/mol. The smallest absolute Gasteiger partial charge is 0.270 e. The summed E-state index contributed by atoms with van der Waals surface area (Å²) in [5, 5.41) is 3.63. The molecular weight excluding hydrogens is 346 g/mol. The van der Waals surface area contributed by atoms with Gasteiger partial charge in [-0.15, -0.1) is 11.3 Å². The summed E-state index contributed by atoms with van der Waals surface area (Å²) < 4.78 is 0. The minimum absolute atomic E-state index is 0.290. The first-order chi connectivity index (χ1) is 12.4. The molecule has 1 aliphatic carbocycles. The number of nitrogen functional groups attached to an aromatic ring is 1. The van der Waals surface area contributed by atoms with Crippen molar-refractivity contribution in [3.63, 3.8) is 0 Å². The predicted octanol–water partition coefficient (Wildman–Crippen LogP) is 3.66. The summed E-state index contributed by atoms with van der Waals surface area (Å²) in [6.45, 7) is 5.99. The van der Waals surface area contributed by atoms with Gasteiger partial charge in [-0.25, -0.2) is 15.0 Å². The highest BCUT2D eigenvalue weighted by Crippen LogP contribution is 2.36. The number of nitrogens with two attached hydrogens (primary N) is 1. The minimum atomic E-state index is -0.290. The normalized spacial score (nSPS) is 16.5. The first-order valence-corrected chi connectivity index (χ1v) is 9.56. The van der Waals surface area contributed by atoms with Crippen LogP contribution < -0.4 is 11.1 Å². The molecule has 0 aromatic carbocycles. The third kappa shape index (κ3) is 3.03. The van der Waals surface area contributed by atoms with E-state index in [2.05, 4.69) is 28.3 Å². The SMILES string of the molecule is Cc1cc(C)nc(NC(=O)c2sc3nc4c(cc3c2N)CC(C)CC4)n1. The Balaban J connectivity index is 1.70. The number of aryl methyl sites for hydroxylation is 3. The molecule has 0 saturated carbocycles. The summed E-state index contributed by atoms with van der Waals surface area (Å²) in [5.41, 5.74) is 10.8. The van der Waals surface area contributed by atoms with Crippen molar-refractivity contribution >= 4 is 39.1 Å². The van der Waals surface area contributed by atoms with Crippen LogP contribution in [-0.4, -0.2) is 20.9 Å². The molecule has 1 amide bonds. The van der Waals surface area contributed by atoms with Gasteiger partial charge in [0.05, 0.1) is 5.69 Å². The maximum absolute atomic E-state index is 12.7. The molecule has 3 N–H and O–H groups in total. The van der Waals surface area contributed by atoms with E-state index in [1.807, 2.05) is 19.9 Å². The van der Waals surface area contributed by atoms with Crippen molar-refractivity contribution in [2.45, 2.75) is 40.0 Å². The van der Waals surface area contributed by atoms with Crippen LogP contribution in [0.3, 0.4) is 0 Å². The number of amides is 1. The molecule has 134 valence electrons. The summed E-state index contributed by atoms with van der Waals surface area (Å²) in [6, 6.07) is 3.97. The minimum Gasteiger partial charge on any atom is -0.397 e. The fourth-order valence-corrected chi connectivity index (χ4v) is 4.47. The maximum atomic E-state index is 12.7. The number of hydrogen-bond acceptors (Lipinski definition) is 6. The second kappa shape index (κ2) is 6.32. The van der Waals surface area contributed by atoms with Crippen molar-refractivity contribution in [1.29, 1.82) is 0 Å². The molecule has 0 bridgehead atoms. The average molecular weight is 367 g/mol. The Morgan fingerprint density at radius 1 is 1.23 bits per heavy atom. The van der Waals surface area contributed by atoms with Crippen LogP contribution in [0.5, 0.6) is 0 Å². The van der Waals surface area contributed by atoms with Gasteiger partial charge in [-0.1, -0.05) is 6.92 Å². The van der Waals surface area contributed by atoms with E-state index in [4.69, 9.17) is 10.7 Å². The number of rotatable bonds is 2. The van der Waals surface area contributed by atoms with Crippen LogP contribution in [0, 0.1) is 19.8 Å². The van der Waals surface area contributed by atoms with E-state index < -0.39 is 0 Å². The quantitative estimate of drug-likeness (QED) is 0.721. The lowest BCUT2D eigenvalue weighted by Gasteiger charge is -2.20. The van der Waals surface area contributed by atoms with Crippen LogP contribution >= 0.6 is 11.3 Å². The zero-order valence-corrected chi connectivity index (χ0v) is 15.9. The first kappa shape index (κ1) is 16.9. The van der Waals surface area contributed by atoms with Crippen molar-refractivity contribution in [1.82, 2.24) is 15.0 Å². The molecule has 0 saturated heterocycles. The molecule has 1 aliphatic rings. The van der Waals surface area contributed by atoms with Gasteiger partial charge in [-0.05, 0) is 56.7 Å². The number of anilines is 2. The number of nitrogens with one attached hydrogen (secondary N) is 1. The second-order valence-electron chi connectivity index (χ2n) is 7.07. The Morgan fingerprint density at radius 3 is 2.69 bits per heavy atom. The van der Waals surface area contributed by atoms with Crippen LogP contribution in [0.25, 0.3) is 10.2 Å².